The van der Waals surface area contributed by atoms with Crippen molar-refractivity contribution in [1.29, 1.82) is 0 Å². The Balaban J connectivity index is 1.93. The third-order valence-electron chi connectivity index (χ3n) is 4.33. The lowest BCUT2D eigenvalue weighted by Gasteiger charge is -2.29. The molecule has 1 amide bonds. The first-order valence-corrected chi connectivity index (χ1v) is 8.01. The average molecular weight is 303 g/mol. The van der Waals surface area contributed by atoms with E-state index in [2.05, 4.69) is 12.2 Å². The van der Waals surface area contributed by atoms with E-state index in [0.717, 1.165) is 18.4 Å². The van der Waals surface area contributed by atoms with Crippen molar-refractivity contribution >= 4 is 11.7 Å². The maximum absolute atomic E-state index is 12.1. The molecule has 1 aromatic carbocycles. The number of ether oxygens (including phenoxy) is 1. The lowest BCUT2D eigenvalue weighted by molar-refractivity contribution is -0.124. The van der Waals surface area contributed by atoms with E-state index in [0.29, 0.717) is 17.2 Å². The summed E-state index contributed by atoms with van der Waals surface area (Å²) < 4.78 is 5.58. The highest BCUT2D eigenvalue weighted by atomic mass is 16.5. The van der Waals surface area contributed by atoms with Gasteiger partial charge in [0.2, 0.25) is 0 Å². The number of hydrogen-bond acceptors (Lipinski definition) is 3. The van der Waals surface area contributed by atoms with E-state index in [1.807, 2.05) is 13.0 Å². The summed E-state index contributed by atoms with van der Waals surface area (Å²) in [5.41, 5.74) is 1.52. The molecular weight excluding hydrogens is 278 g/mol. The number of amides is 1. The maximum Gasteiger partial charge on any atom is 0.258 e. The van der Waals surface area contributed by atoms with Crippen LogP contribution in [0.2, 0.25) is 0 Å². The molecule has 0 radical (unpaired) electrons. The Morgan fingerprint density at radius 2 is 2.00 bits per heavy atom. The lowest BCUT2D eigenvalue weighted by Crippen LogP contribution is -2.43. The minimum absolute atomic E-state index is 0.0487. The van der Waals surface area contributed by atoms with Crippen LogP contribution < -0.4 is 10.1 Å². The van der Waals surface area contributed by atoms with Gasteiger partial charge in [0.05, 0.1) is 5.56 Å². The van der Waals surface area contributed by atoms with Gasteiger partial charge in [0.1, 0.15) is 5.75 Å². The highest BCUT2D eigenvalue weighted by Crippen LogP contribution is 2.24. The number of rotatable bonds is 5. The van der Waals surface area contributed by atoms with Crippen molar-refractivity contribution in [3.8, 4) is 5.75 Å². The van der Waals surface area contributed by atoms with Gasteiger partial charge in [-0.3, -0.25) is 9.59 Å². The number of nitrogens with one attached hydrogen (secondary N) is 1. The summed E-state index contributed by atoms with van der Waals surface area (Å²) in [6, 6.07) is 5.66. The molecule has 0 spiro atoms. The molecule has 1 aromatic rings. The third-order valence-corrected chi connectivity index (χ3v) is 4.33. The minimum atomic E-state index is -0.116. The highest BCUT2D eigenvalue weighted by molar-refractivity contribution is 5.97. The second-order valence-corrected chi connectivity index (χ2v) is 6.28. The van der Waals surface area contributed by atoms with Crippen LogP contribution in [0.3, 0.4) is 0 Å². The number of carbonyl (C=O) groups is 2. The monoisotopic (exact) mass is 303 g/mol. The van der Waals surface area contributed by atoms with Gasteiger partial charge in [0, 0.05) is 6.04 Å². The van der Waals surface area contributed by atoms with Crippen molar-refractivity contribution in [3.63, 3.8) is 0 Å². The van der Waals surface area contributed by atoms with E-state index >= 15 is 0 Å². The first-order chi connectivity index (χ1) is 10.5. The van der Waals surface area contributed by atoms with E-state index in [4.69, 9.17) is 4.74 Å². The average Bonchev–Trinajstić information content (AvgIpc) is 2.47. The Kier molecular flexibility index (Phi) is 5.58. The molecule has 1 aliphatic rings. The molecule has 120 valence electrons. The van der Waals surface area contributed by atoms with E-state index in [1.165, 1.54) is 19.8 Å². The molecule has 1 aliphatic carbocycles. The lowest BCUT2D eigenvalue weighted by atomic mass is 9.86. The van der Waals surface area contributed by atoms with Gasteiger partial charge in [0.15, 0.2) is 12.4 Å². The number of carbonyl (C=O) groups excluding carboxylic acids is 2. The quantitative estimate of drug-likeness (QED) is 0.849. The number of hydrogen-bond donors (Lipinski definition) is 1. The normalized spacial score (nSPS) is 21.2. The summed E-state index contributed by atoms with van der Waals surface area (Å²) in [5.74, 6) is 0.829. The number of benzene rings is 1. The van der Waals surface area contributed by atoms with Crippen molar-refractivity contribution in [2.75, 3.05) is 6.61 Å². The minimum Gasteiger partial charge on any atom is -0.483 e. The Bertz CT molecular complexity index is 553. The van der Waals surface area contributed by atoms with Crippen molar-refractivity contribution in [3.05, 3.63) is 29.3 Å². The first kappa shape index (κ1) is 16.5. The Morgan fingerprint density at radius 3 is 2.68 bits per heavy atom. The van der Waals surface area contributed by atoms with Crippen molar-refractivity contribution in [2.45, 2.75) is 52.5 Å². The van der Waals surface area contributed by atoms with Gasteiger partial charge < -0.3 is 10.1 Å². The molecule has 0 unspecified atom stereocenters. The smallest absolute Gasteiger partial charge is 0.258 e. The summed E-state index contributed by atoms with van der Waals surface area (Å²) in [6.45, 7) is 5.56. The van der Waals surface area contributed by atoms with Crippen LogP contribution in [-0.4, -0.2) is 24.3 Å². The zero-order valence-corrected chi connectivity index (χ0v) is 13.6. The van der Waals surface area contributed by atoms with Crippen LogP contribution in [0.25, 0.3) is 0 Å². The first-order valence-electron chi connectivity index (χ1n) is 8.01. The molecule has 0 aliphatic heterocycles. The molecule has 0 aromatic heterocycles. The van der Waals surface area contributed by atoms with Crippen LogP contribution in [0.1, 0.15) is 55.5 Å². The van der Waals surface area contributed by atoms with E-state index < -0.39 is 0 Å². The zero-order valence-electron chi connectivity index (χ0n) is 13.6. The highest BCUT2D eigenvalue weighted by Gasteiger charge is 2.23. The fourth-order valence-corrected chi connectivity index (χ4v) is 2.96. The number of ketones is 1. The molecule has 2 rings (SSSR count). The molecule has 0 saturated heterocycles. The van der Waals surface area contributed by atoms with E-state index in [9.17, 15) is 9.59 Å². The molecule has 1 fully saturated rings. The summed E-state index contributed by atoms with van der Waals surface area (Å²) in [5, 5.41) is 3.05. The fraction of sp³-hybridized carbons (Fsp3) is 0.556. The molecule has 1 N–H and O–H groups in total. The summed E-state index contributed by atoms with van der Waals surface area (Å²) in [6.07, 6.45) is 4.62. The second-order valence-electron chi connectivity index (χ2n) is 6.28. The SMILES string of the molecule is CC(=O)c1ccc(C)cc1OCC(=O)N[C@H]1CCCC[C@@H]1C. The van der Waals surface area contributed by atoms with Crippen molar-refractivity contribution < 1.29 is 14.3 Å². The van der Waals surface area contributed by atoms with Crippen LogP contribution in [0.4, 0.5) is 0 Å². The van der Waals surface area contributed by atoms with Gasteiger partial charge in [-0.15, -0.1) is 0 Å². The second kappa shape index (κ2) is 7.43. The molecule has 4 nitrogen and oxygen atoms in total. The van der Waals surface area contributed by atoms with Crippen molar-refractivity contribution in [2.24, 2.45) is 5.92 Å². The Hall–Kier alpha value is -1.84. The van der Waals surface area contributed by atoms with Crippen LogP contribution in [0.15, 0.2) is 18.2 Å². The van der Waals surface area contributed by atoms with Crippen molar-refractivity contribution in [1.82, 2.24) is 5.32 Å². The van der Waals surface area contributed by atoms with Crippen LogP contribution >= 0.6 is 0 Å². The van der Waals surface area contributed by atoms with E-state index in [1.54, 1.807) is 12.1 Å². The van der Waals surface area contributed by atoms with Gasteiger partial charge >= 0.3 is 0 Å². The Morgan fingerprint density at radius 1 is 1.27 bits per heavy atom. The fourth-order valence-electron chi connectivity index (χ4n) is 2.96. The topological polar surface area (TPSA) is 55.4 Å². The zero-order chi connectivity index (χ0) is 16.1. The summed E-state index contributed by atoms with van der Waals surface area (Å²) >= 11 is 0. The van der Waals surface area contributed by atoms with Gasteiger partial charge in [-0.05, 0) is 50.3 Å². The number of Topliss-reactive ketones (excluding diaryl/α,β-unsaturated/α-hetero) is 1. The molecule has 0 heterocycles. The van der Waals surface area contributed by atoms with Gasteiger partial charge in [-0.1, -0.05) is 25.8 Å². The molecule has 0 bridgehead atoms. The van der Waals surface area contributed by atoms with E-state index in [-0.39, 0.29) is 24.3 Å². The van der Waals surface area contributed by atoms with Crippen LogP contribution in [-0.2, 0) is 4.79 Å². The van der Waals surface area contributed by atoms with Crippen LogP contribution in [0, 0.1) is 12.8 Å². The Labute approximate surface area is 132 Å². The molecule has 22 heavy (non-hydrogen) atoms. The summed E-state index contributed by atoms with van der Waals surface area (Å²) in [7, 11) is 0. The number of aryl methyl sites for hydroxylation is 1. The standard InChI is InChI=1S/C18H25NO3/c1-12-8-9-15(14(3)20)17(10-12)22-11-18(21)19-16-7-5-4-6-13(16)2/h8-10,13,16H,4-7,11H2,1-3H3,(H,19,21)/t13-,16-/m0/s1. The molecular formula is C18H25NO3. The van der Waals surface area contributed by atoms with Gasteiger partial charge in [-0.25, -0.2) is 0 Å². The molecule has 4 heteroatoms. The molecule has 1 saturated carbocycles. The third kappa shape index (κ3) is 4.33. The summed E-state index contributed by atoms with van der Waals surface area (Å²) in [4.78, 5) is 23.7. The van der Waals surface area contributed by atoms with Crippen LogP contribution in [0.5, 0.6) is 5.75 Å². The van der Waals surface area contributed by atoms with Gasteiger partial charge in [-0.2, -0.15) is 0 Å². The largest absolute Gasteiger partial charge is 0.483 e. The predicted octanol–water partition coefficient (Wildman–Crippen LogP) is 3.27. The molecule has 2 atom stereocenters. The van der Waals surface area contributed by atoms with Gasteiger partial charge in [0.25, 0.3) is 5.91 Å². The predicted molar refractivity (Wildman–Crippen MR) is 86.2 cm³/mol. The maximum atomic E-state index is 12.1.